The zero-order valence-corrected chi connectivity index (χ0v) is 11.9. The molecule has 0 unspecified atom stereocenters. The molecule has 22 heavy (non-hydrogen) atoms. The summed E-state index contributed by atoms with van der Waals surface area (Å²) in [6.07, 6.45) is 1.30. The molecular weight excluding hydrogens is 292 g/mol. The first-order chi connectivity index (χ1) is 10.3. The minimum absolute atomic E-state index is 0.104. The molecule has 1 aromatic rings. The maximum Gasteiger partial charge on any atom is 0.345 e. The second-order valence-electron chi connectivity index (χ2n) is 5.11. The number of nitriles is 1. The van der Waals surface area contributed by atoms with Crippen LogP contribution < -0.4 is 5.73 Å². The fourth-order valence-corrected chi connectivity index (χ4v) is 2.18. The Balaban J connectivity index is 2.58. The molecular formula is C14H14N2O6. The average Bonchev–Trinajstić information content (AvgIpc) is 2.88. The van der Waals surface area contributed by atoms with Gasteiger partial charge in [-0.2, -0.15) is 5.26 Å². The molecule has 1 aliphatic heterocycles. The highest BCUT2D eigenvalue weighted by Crippen LogP contribution is 2.38. The number of amides is 1. The van der Waals surface area contributed by atoms with Crippen LogP contribution in [0.15, 0.2) is 34.3 Å². The summed E-state index contributed by atoms with van der Waals surface area (Å²) >= 11 is 0. The minimum atomic E-state index is -1.44. The van der Waals surface area contributed by atoms with Crippen molar-refractivity contribution in [2.24, 2.45) is 11.7 Å². The number of carbonyl (C=O) groups excluding carboxylic acids is 2. The van der Waals surface area contributed by atoms with Crippen molar-refractivity contribution in [2.45, 2.75) is 25.6 Å². The normalized spacial score (nSPS) is 19.6. The lowest BCUT2D eigenvalue weighted by Crippen LogP contribution is -2.40. The van der Waals surface area contributed by atoms with Gasteiger partial charge in [0.25, 0.3) is 11.7 Å². The monoisotopic (exact) mass is 306 g/mol. The van der Waals surface area contributed by atoms with Gasteiger partial charge in [-0.15, -0.1) is 0 Å². The molecule has 3 N–H and O–H groups in total. The van der Waals surface area contributed by atoms with Gasteiger partial charge in [0.2, 0.25) is 5.91 Å². The quantitative estimate of drug-likeness (QED) is 0.794. The molecule has 0 saturated heterocycles. The highest BCUT2D eigenvalue weighted by molar-refractivity contribution is 5.93. The van der Waals surface area contributed by atoms with Gasteiger partial charge in [0.1, 0.15) is 17.3 Å². The predicted octanol–water partition coefficient (Wildman–Crippen LogP) is 1.07. The zero-order chi connectivity index (χ0) is 16.5. The van der Waals surface area contributed by atoms with Crippen molar-refractivity contribution in [2.75, 3.05) is 0 Å². The van der Waals surface area contributed by atoms with E-state index in [-0.39, 0.29) is 11.3 Å². The standard InChI is InChI=1S/C14H14N2O6/c1-14(2)21-12(18)10(13(19)22-14)9(7(6-15)11(16)17)8-4-3-5-20-8/h3-5,7,9,18H,1-2H3,(H2,16,17)/t7-,9+/m0/s1. The van der Waals surface area contributed by atoms with Crippen LogP contribution in [0.1, 0.15) is 25.5 Å². The van der Waals surface area contributed by atoms with Crippen LogP contribution in [-0.4, -0.2) is 22.8 Å². The Kier molecular flexibility index (Phi) is 3.82. The Morgan fingerprint density at radius 1 is 1.45 bits per heavy atom. The van der Waals surface area contributed by atoms with E-state index in [2.05, 4.69) is 0 Å². The first-order valence-corrected chi connectivity index (χ1v) is 6.34. The number of esters is 1. The lowest BCUT2D eigenvalue weighted by Gasteiger charge is -2.33. The van der Waals surface area contributed by atoms with Crippen molar-refractivity contribution < 1.29 is 28.6 Å². The van der Waals surface area contributed by atoms with Gasteiger partial charge in [-0.05, 0) is 12.1 Å². The molecule has 1 aromatic heterocycles. The van der Waals surface area contributed by atoms with Gasteiger partial charge in [0.15, 0.2) is 0 Å². The summed E-state index contributed by atoms with van der Waals surface area (Å²) in [5.41, 5.74) is 4.82. The molecule has 2 rings (SSSR count). The summed E-state index contributed by atoms with van der Waals surface area (Å²) in [7, 11) is 0. The molecule has 0 radical (unpaired) electrons. The molecule has 0 spiro atoms. The van der Waals surface area contributed by atoms with Crippen molar-refractivity contribution in [3.63, 3.8) is 0 Å². The zero-order valence-electron chi connectivity index (χ0n) is 11.9. The van der Waals surface area contributed by atoms with Crippen LogP contribution in [0, 0.1) is 17.2 Å². The van der Waals surface area contributed by atoms with Gasteiger partial charge in [-0.25, -0.2) is 4.79 Å². The molecule has 0 aromatic carbocycles. The van der Waals surface area contributed by atoms with Gasteiger partial charge < -0.3 is 24.7 Å². The second-order valence-corrected chi connectivity index (χ2v) is 5.11. The number of nitrogens with two attached hydrogens (primary N) is 1. The summed E-state index contributed by atoms with van der Waals surface area (Å²) < 4.78 is 15.3. The molecule has 1 amide bonds. The van der Waals surface area contributed by atoms with Gasteiger partial charge in [0, 0.05) is 13.8 Å². The first kappa shape index (κ1) is 15.4. The van der Waals surface area contributed by atoms with E-state index in [9.17, 15) is 20.0 Å². The topological polar surface area (TPSA) is 136 Å². The third kappa shape index (κ3) is 2.74. The highest BCUT2D eigenvalue weighted by atomic mass is 16.8. The molecule has 2 heterocycles. The number of nitrogens with zero attached hydrogens (tertiary/aromatic N) is 1. The van der Waals surface area contributed by atoms with Crippen molar-refractivity contribution in [3.8, 4) is 6.07 Å². The number of hydrogen-bond donors (Lipinski definition) is 2. The van der Waals surface area contributed by atoms with E-state index in [1.807, 2.05) is 0 Å². The van der Waals surface area contributed by atoms with Crippen LogP contribution in [0.5, 0.6) is 0 Å². The molecule has 2 atom stereocenters. The Morgan fingerprint density at radius 3 is 2.59 bits per heavy atom. The molecule has 0 saturated carbocycles. The summed E-state index contributed by atoms with van der Waals surface area (Å²) in [6.45, 7) is 2.85. The molecule has 1 aliphatic rings. The number of cyclic esters (lactones) is 1. The number of rotatable bonds is 4. The van der Waals surface area contributed by atoms with Crippen molar-refractivity contribution in [3.05, 3.63) is 35.7 Å². The maximum atomic E-state index is 12.2. The predicted molar refractivity (Wildman–Crippen MR) is 70.7 cm³/mol. The second kappa shape index (κ2) is 5.44. The molecule has 0 aliphatic carbocycles. The van der Waals surface area contributed by atoms with Crippen molar-refractivity contribution in [1.82, 2.24) is 0 Å². The van der Waals surface area contributed by atoms with E-state index in [0.29, 0.717) is 0 Å². The van der Waals surface area contributed by atoms with Gasteiger partial charge in [-0.3, -0.25) is 4.79 Å². The van der Waals surface area contributed by atoms with Crippen LogP contribution in [0.25, 0.3) is 0 Å². The molecule has 8 nitrogen and oxygen atoms in total. The Bertz CT molecular complexity index is 668. The first-order valence-electron chi connectivity index (χ1n) is 6.34. The number of furan rings is 1. The van der Waals surface area contributed by atoms with Crippen LogP contribution >= 0.6 is 0 Å². The van der Waals surface area contributed by atoms with E-state index >= 15 is 0 Å². The SMILES string of the molecule is CC1(C)OC(=O)C([C@@H](c2ccco2)[C@H](C#N)C(N)=O)=C(O)O1. The molecule has 0 fully saturated rings. The Labute approximate surface area is 125 Å². The lowest BCUT2D eigenvalue weighted by molar-refractivity contribution is -0.222. The third-order valence-corrected chi connectivity index (χ3v) is 3.07. The van der Waals surface area contributed by atoms with Crippen molar-refractivity contribution in [1.29, 1.82) is 5.26 Å². The molecule has 116 valence electrons. The number of primary amides is 1. The summed E-state index contributed by atoms with van der Waals surface area (Å²) in [4.78, 5) is 23.7. The largest absolute Gasteiger partial charge is 0.480 e. The number of hydrogen-bond acceptors (Lipinski definition) is 7. The fraction of sp³-hybridized carbons (Fsp3) is 0.357. The summed E-state index contributed by atoms with van der Waals surface area (Å²) in [5.74, 6) is -6.57. The van der Waals surface area contributed by atoms with Gasteiger partial charge >= 0.3 is 5.97 Å². The molecule has 8 heteroatoms. The van der Waals surface area contributed by atoms with Crippen LogP contribution in [-0.2, 0) is 19.1 Å². The number of ether oxygens (including phenoxy) is 2. The lowest BCUT2D eigenvalue weighted by atomic mass is 9.84. The minimum Gasteiger partial charge on any atom is -0.480 e. The highest BCUT2D eigenvalue weighted by Gasteiger charge is 2.45. The average molecular weight is 306 g/mol. The third-order valence-electron chi connectivity index (χ3n) is 3.07. The van der Waals surface area contributed by atoms with E-state index < -0.39 is 35.4 Å². The van der Waals surface area contributed by atoms with E-state index in [0.717, 1.165) is 0 Å². The van der Waals surface area contributed by atoms with E-state index in [1.165, 1.54) is 32.2 Å². The molecule has 0 bridgehead atoms. The van der Waals surface area contributed by atoms with Crippen LogP contribution in [0.4, 0.5) is 0 Å². The summed E-state index contributed by atoms with van der Waals surface area (Å²) in [5, 5.41) is 19.2. The van der Waals surface area contributed by atoms with E-state index in [4.69, 9.17) is 19.6 Å². The van der Waals surface area contributed by atoms with Gasteiger partial charge in [0.05, 0.1) is 18.3 Å². The van der Waals surface area contributed by atoms with Crippen LogP contribution in [0.3, 0.4) is 0 Å². The Morgan fingerprint density at radius 2 is 2.14 bits per heavy atom. The fourth-order valence-electron chi connectivity index (χ4n) is 2.18. The van der Waals surface area contributed by atoms with Crippen molar-refractivity contribution >= 4 is 11.9 Å². The number of aliphatic hydroxyl groups is 1. The number of aliphatic hydroxyl groups excluding tert-OH is 1. The maximum absolute atomic E-state index is 12.2. The summed E-state index contributed by atoms with van der Waals surface area (Å²) in [6, 6.07) is 4.66. The number of carbonyl (C=O) groups is 2. The Hall–Kier alpha value is -2.95. The van der Waals surface area contributed by atoms with Crippen LogP contribution in [0.2, 0.25) is 0 Å². The van der Waals surface area contributed by atoms with E-state index in [1.54, 1.807) is 6.07 Å². The van der Waals surface area contributed by atoms with Gasteiger partial charge in [-0.1, -0.05) is 0 Å². The smallest absolute Gasteiger partial charge is 0.345 e.